The number of allylic oxidation sites excluding steroid dienone is 4. The second-order valence-corrected chi connectivity index (χ2v) is 14.5. The molecule has 0 spiro atoms. The van der Waals surface area contributed by atoms with Gasteiger partial charge >= 0.3 is 19.8 Å². The first-order chi connectivity index (χ1) is 23.3. The van der Waals surface area contributed by atoms with Gasteiger partial charge in [0, 0.05) is 12.8 Å². The molecule has 2 N–H and O–H groups in total. The smallest absolute Gasteiger partial charge is 0.462 e. The van der Waals surface area contributed by atoms with Gasteiger partial charge in [0.15, 0.2) is 6.10 Å². The van der Waals surface area contributed by atoms with E-state index in [9.17, 15) is 14.2 Å². The van der Waals surface area contributed by atoms with Gasteiger partial charge in [-0.2, -0.15) is 0 Å². The maximum Gasteiger partial charge on any atom is 0.469 e. The molecule has 8 nitrogen and oxygen atoms in total. The third kappa shape index (κ3) is 37.4. The normalized spacial score (nSPS) is 12.7. The number of hydrogen-bond donors (Lipinski definition) is 2. The quantitative estimate of drug-likeness (QED) is 0.0287. The van der Waals surface area contributed by atoms with E-state index in [4.69, 9.17) is 19.3 Å². The molecular weight excluding hydrogens is 627 g/mol. The molecule has 9 heteroatoms. The molecule has 0 radical (unpaired) electrons. The Hall–Kier alpha value is -1.47. The van der Waals surface area contributed by atoms with Crippen LogP contribution in [0.15, 0.2) is 24.3 Å². The first-order valence-corrected chi connectivity index (χ1v) is 21.2. The van der Waals surface area contributed by atoms with E-state index in [2.05, 4.69) is 42.7 Å². The Labute approximate surface area is 294 Å². The number of ether oxygens (including phenoxy) is 2. The standard InChI is InChI=1S/C39H73O8P/c1-3-5-7-9-11-13-15-17-19-21-23-25-27-29-31-33-38(40)45-35-37(36-46-48(42,43)44)47-39(41)34-32-30-28-26-24-22-20-18-16-14-12-10-8-6-4-2/h10,12-13,15,37H,3-9,11,14,16-36H2,1-2H3,(H2,42,43,44)/b12-10+,15-13+/t37-/m1/s1. The summed E-state index contributed by atoms with van der Waals surface area (Å²) in [7, 11) is -4.75. The van der Waals surface area contributed by atoms with Gasteiger partial charge in [0.2, 0.25) is 0 Å². The molecule has 0 heterocycles. The Morgan fingerprint density at radius 2 is 0.896 bits per heavy atom. The predicted molar refractivity (Wildman–Crippen MR) is 198 cm³/mol. The van der Waals surface area contributed by atoms with Crippen molar-refractivity contribution in [2.24, 2.45) is 0 Å². The van der Waals surface area contributed by atoms with E-state index in [-0.39, 0.29) is 19.4 Å². The summed E-state index contributed by atoms with van der Waals surface area (Å²) in [5.74, 6) is -0.888. The SMILES string of the molecule is CCCC/C=C/CCCCCCCCCCCC(=O)O[C@H](COC(=O)CCCCCCCCC/C=C/CCCCCC)COP(=O)(O)O. The van der Waals surface area contributed by atoms with E-state index >= 15 is 0 Å². The summed E-state index contributed by atoms with van der Waals surface area (Å²) in [6, 6.07) is 0. The lowest BCUT2D eigenvalue weighted by atomic mass is 10.1. The largest absolute Gasteiger partial charge is 0.469 e. The van der Waals surface area contributed by atoms with Crippen LogP contribution in [0.5, 0.6) is 0 Å². The number of esters is 2. The van der Waals surface area contributed by atoms with Crippen LogP contribution in [0, 0.1) is 0 Å². The Morgan fingerprint density at radius 1 is 0.521 bits per heavy atom. The van der Waals surface area contributed by atoms with Crippen molar-refractivity contribution < 1.29 is 37.9 Å². The number of carbonyl (C=O) groups is 2. The van der Waals surface area contributed by atoms with Crippen LogP contribution in [-0.4, -0.2) is 41.0 Å². The molecule has 0 unspecified atom stereocenters. The highest BCUT2D eigenvalue weighted by Gasteiger charge is 2.22. The number of carbonyl (C=O) groups excluding carboxylic acids is 2. The molecule has 0 aromatic rings. The van der Waals surface area contributed by atoms with Crippen LogP contribution in [-0.2, 0) is 28.2 Å². The van der Waals surface area contributed by atoms with Crippen LogP contribution in [0.3, 0.4) is 0 Å². The summed E-state index contributed by atoms with van der Waals surface area (Å²) >= 11 is 0. The van der Waals surface area contributed by atoms with Crippen molar-refractivity contribution in [3.8, 4) is 0 Å². The summed E-state index contributed by atoms with van der Waals surface area (Å²) < 4.78 is 26.3. The summed E-state index contributed by atoms with van der Waals surface area (Å²) in [4.78, 5) is 42.7. The van der Waals surface area contributed by atoms with Crippen LogP contribution < -0.4 is 0 Å². The van der Waals surface area contributed by atoms with Gasteiger partial charge in [-0.25, -0.2) is 4.57 Å². The van der Waals surface area contributed by atoms with Gasteiger partial charge in [-0.05, 0) is 57.8 Å². The lowest BCUT2D eigenvalue weighted by Crippen LogP contribution is -2.29. The van der Waals surface area contributed by atoms with Gasteiger partial charge in [-0.15, -0.1) is 0 Å². The fourth-order valence-electron chi connectivity index (χ4n) is 5.47. The highest BCUT2D eigenvalue weighted by atomic mass is 31.2. The fraction of sp³-hybridized carbons (Fsp3) is 0.846. The highest BCUT2D eigenvalue weighted by Crippen LogP contribution is 2.36. The van der Waals surface area contributed by atoms with Gasteiger partial charge in [0.05, 0.1) is 6.61 Å². The second-order valence-electron chi connectivity index (χ2n) is 13.2. The second kappa shape index (κ2) is 35.4. The lowest BCUT2D eigenvalue weighted by molar-refractivity contribution is -0.161. The van der Waals surface area contributed by atoms with E-state index in [1.165, 1.54) is 109 Å². The zero-order valence-corrected chi connectivity index (χ0v) is 31.8. The van der Waals surface area contributed by atoms with Crippen LogP contribution >= 0.6 is 7.82 Å². The summed E-state index contributed by atoms with van der Waals surface area (Å²) in [6.07, 6.45) is 38.9. The predicted octanol–water partition coefficient (Wildman–Crippen LogP) is 11.6. The summed E-state index contributed by atoms with van der Waals surface area (Å²) in [5.41, 5.74) is 0. The van der Waals surface area contributed by atoms with Gasteiger partial charge in [0.1, 0.15) is 6.61 Å². The van der Waals surface area contributed by atoms with Gasteiger partial charge in [0.25, 0.3) is 0 Å². The Balaban J connectivity index is 3.94. The zero-order valence-electron chi connectivity index (χ0n) is 30.9. The molecule has 0 saturated heterocycles. The van der Waals surface area contributed by atoms with Crippen molar-refractivity contribution in [2.45, 2.75) is 200 Å². The van der Waals surface area contributed by atoms with Gasteiger partial charge in [-0.3, -0.25) is 14.1 Å². The zero-order chi connectivity index (χ0) is 35.4. The first kappa shape index (κ1) is 46.5. The number of hydrogen-bond acceptors (Lipinski definition) is 6. The average molecular weight is 701 g/mol. The number of phosphoric acid groups is 1. The van der Waals surface area contributed by atoms with Gasteiger partial charge < -0.3 is 19.3 Å². The summed E-state index contributed by atoms with van der Waals surface area (Å²) in [6.45, 7) is 3.64. The number of phosphoric ester groups is 1. The maximum atomic E-state index is 12.4. The van der Waals surface area contributed by atoms with Crippen LogP contribution in [0.2, 0.25) is 0 Å². The van der Waals surface area contributed by atoms with E-state index < -0.39 is 32.5 Å². The maximum absolute atomic E-state index is 12.4. The Kier molecular flexibility index (Phi) is 34.3. The molecule has 0 aliphatic heterocycles. The summed E-state index contributed by atoms with van der Waals surface area (Å²) in [5, 5.41) is 0. The van der Waals surface area contributed by atoms with Crippen molar-refractivity contribution in [1.29, 1.82) is 0 Å². The lowest BCUT2D eigenvalue weighted by Gasteiger charge is -2.18. The number of unbranched alkanes of at least 4 members (excludes halogenated alkanes) is 22. The molecule has 0 aliphatic carbocycles. The Bertz CT molecular complexity index is 838. The van der Waals surface area contributed by atoms with Crippen LogP contribution in [0.25, 0.3) is 0 Å². The monoisotopic (exact) mass is 701 g/mol. The first-order valence-electron chi connectivity index (χ1n) is 19.6. The minimum absolute atomic E-state index is 0.210. The molecule has 0 saturated carbocycles. The fourth-order valence-corrected chi connectivity index (χ4v) is 5.83. The van der Waals surface area contributed by atoms with Crippen molar-refractivity contribution in [2.75, 3.05) is 13.2 Å². The molecule has 0 aliphatic rings. The molecule has 0 aromatic carbocycles. The third-order valence-electron chi connectivity index (χ3n) is 8.44. The molecule has 0 bridgehead atoms. The minimum Gasteiger partial charge on any atom is -0.462 e. The molecule has 0 amide bonds. The molecule has 0 fully saturated rings. The van der Waals surface area contributed by atoms with E-state index in [1.807, 2.05) is 0 Å². The molecule has 0 rings (SSSR count). The van der Waals surface area contributed by atoms with E-state index in [0.29, 0.717) is 6.42 Å². The van der Waals surface area contributed by atoms with Crippen LogP contribution in [0.4, 0.5) is 0 Å². The van der Waals surface area contributed by atoms with Crippen molar-refractivity contribution in [1.82, 2.24) is 0 Å². The molecule has 48 heavy (non-hydrogen) atoms. The minimum atomic E-state index is -4.75. The van der Waals surface area contributed by atoms with Crippen LogP contribution in [0.1, 0.15) is 194 Å². The molecule has 282 valence electrons. The van der Waals surface area contributed by atoms with Crippen molar-refractivity contribution >= 4 is 19.8 Å². The average Bonchev–Trinajstić information content (AvgIpc) is 3.05. The third-order valence-corrected chi connectivity index (χ3v) is 8.93. The Morgan fingerprint density at radius 3 is 1.33 bits per heavy atom. The molecule has 1 atom stereocenters. The molecular formula is C39H73O8P. The van der Waals surface area contributed by atoms with E-state index in [0.717, 1.165) is 51.4 Å². The van der Waals surface area contributed by atoms with E-state index in [1.54, 1.807) is 0 Å². The van der Waals surface area contributed by atoms with Crippen molar-refractivity contribution in [3.63, 3.8) is 0 Å². The molecule has 0 aromatic heterocycles. The van der Waals surface area contributed by atoms with Crippen molar-refractivity contribution in [3.05, 3.63) is 24.3 Å². The number of rotatable bonds is 36. The topological polar surface area (TPSA) is 119 Å². The van der Waals surface area contributed by atoms with Gasteiger partial charge in [-0.1, -0.05) is 147 Å². The highest BCUT2D eigenvalue weighted by molar-refractivity contribution is 7.46.